The molecule has 2 aromatic heterocycles. The molecular formula is C13H16ClN3O2. The zero-order chi connectivity index (χ0) is 13.7. The van der Waals surface area contributed by atoms with E-state index in [1.807, 2.05) is 12.1 Å². The fourth-order valence-electron chi connectivity index (χ4n) is 1.77. The van der Waals surface area contributed by atoms with Crippen LogP contribution in [0.3, 0.4) is 0 Å². The monoisotopic (exact) mass is 281 g/mol. The van der Waals surface area contributed by atoms with E-state index in [0.29, 0.717) is 23.4 Å². The largest absolute Gasteiger partial charge is 0.469 e. The van der Waals surface area contributed by atoms with Crippen LogP contribution in [-0.2, 0) is 17.8 Å². The first-order valence-corrected chi connectivity index (χ1v) is 6.36. The van der Waals surface area contributed by atoms with Crippen LogP contribution >= 0.6 is 11.6 Å². The summed E-state index contributed by atoms with van der Waals surface area (Å²) in [6.07, 6.45) is 2.44. The minimum atomic E-state index is 0.174. The molecule has 1 atom stereocenters. The summed E-state index contributed by atoms with van der Waals surface area (Å²) >= 11 is 5.95. The van der Waals surface area contributed by atoms with Gasteiger partial charge in [-0.2, -0.15) is 0 Å². The Bertz CT molecular complexity index is 517. The number of hydrogen-bond acceptors (Lipinski definition) is 5. The summed E-state index contributed by atoms with van der Waals surface area (Å²) in [6, 6.07) is 5.69. The molecule has 0 aliphatic rings. The minimum absolute atomic E-state index is 0.174. The molecule has 1 unspecified atom stereocenters. The number of rotatable bonds is 6. The molecule has 1 N–H and O–H groups in total. The fourth-order valence-corrected chi connectivity index (χ4v) is 1.97. The Morgan fingerprint density at radius 1 is 1.47 bits per heavy atom. The number of anilines is 1. The van der Waals surface area contributed by atoms with Gasteiger partial charge in [0.25, 0.3) is 0 Å². The Kier molecular flexibility index (Phi) is 4.76. The lowest BCUT2D eigenvalue weighted by molar-refractivity contribution is 0.178. The Hall–Kier alpha value is -1.59. The summed E-state index contributed by atoms with van der Waals surface area (Å²) in [6.45, 7) is 2.39. The number of aromatic nitrogens is 2. The van der Waals surface area contributed by atoms with E-state index in [9.17, 15) is 0 Å². The van der Waals surface area contributed by atoms with Crippen LogP contribution in [0, 0.1) is 0 Å². The van der Waals surface area contributed by atoms with Crippen molar-refractivity contribution >= 4 is 17.4 Å². The lowest BCUT2D eigenvalue weighted by atomic mass is 10.2. The molecule has 0 aliphatic heterocycles. The van der Waals surface area contributed by atoms with E-state index in [1.54, 1.807) is 19.4 Å². The normalized spacial score (nSPS) is 12.4. The van der Waals surface area contributed by atoms with Crippen LogP contribution in [0.5, 0.6) is 0 Å². The van der Waals surface area contributed by atoms with Gasteiger partial charge >= 0.3 is 0 Å². The number of furan rings is 1. The quantitative estimate of drug-likeness (QED) is 0.825. The third-order valence-electron chi connectivity index (χ3n) is 2.50. The highest BCUT2D eigenvalue weighted by Gasteiger charge is 2.08. The maximum atomic E-state index is 5.95. The Morgan fingerprint density at radius 3 is 3.00 bits per heavy atom. The molecule has 5 nitrogen and oxygen atoms in total. The van der Waals surface area contributed by atoms with Crippen molar-refractivity contribution in [1.82, 2.24) is 9.97 Å². The van der Waals surface area contributed by atoms with Crippen molar-refractivity contribution in [3.8, 4) is 0 Å². The van der Waals surface area contributed by atoms with E-state index in [2.05, 4.69) is 22.2 Å². The van der Waals surface area contributed by atoms with Crippen molar-refractivity contribution in [1.29, 1.82) is 0 Å². The van der Waals surface area contributed by atoms with Gasteiger partial charge < -0.3 is 14.5 Å². The van der Waals surface area contributed by atoms with Crippen LogP contribution in [0.1, 0.15) is 18.5 Å². The smallest absolute Gasteiger partial charge is 0.158 e. The molecule has 0 radical (unpaired) electrons. The topological polar surface area (TPSA) is 60.2 Å². The van der Waals surface area contributed by atoms with Gasteiger partial charge in [-0.3, -0.25) is 0 Å². The van der Waals surface area contributed by atoms with Gasteiger partial charge in [0.05, 0.1) is 6.26 Å². The van der Waals surface area contributed by atoms with Gasteiger partial charge in [0.2, 0.25) is 0 Å². The van der Waals surface area contributed by atoms with Gasteiger partial charge in [0.1, 0.15) is 23.3 Å². The lowest BCUT2D eigenvalue weighted by Gasteiger charge is -2.14. The molecule has 19 heavy (non-hydrogen) atoms. The first-order valence-electron chi connectivity index (χ1n) is 5.98. The second kappa shape index (κ2) is 6.54. The van der Waals surface area contributed by atoms with Crippen molar-refractivity contribution in [2.24, 2.45) is 0 Å². The summed E-state index contributed by atoms with van der Waals surface area (Å²) in [5, 5.41) is 3.67. The summed E-state index contributed by atoms with van der Waals surface area (Å²) in [4.78, 5) is 8.41. The Morgan fingerprint density at radius 2 is 2.32 bits per heavy atom. The third-order valence-corrected chi connectivity index (χ3v) is 2.69. The molecule has 6 heteroatoms. The summed E-state index contributed by atoms with van der Waals surface area (Å²) in [5.74, 6) is 2.17. The molecule has 102 valence electrons. The number of ether oxygens (including phenoxy) is 1. The number of nitrogens with one attached hydrogen (secondary N) is 1. The molecule has 0 fully saturated rings. The number of halogens is 1. The zero-order valence-electron chi connectivity index (χ0n) is 10.9. The second-order valence-electron chi connectivity index (χ2n) is 4.25. The molecule has 0 aromatic carbocycles. The first kappa shape index (κ1) is 13.8. The van der Waals surface area contributed by atoms with E-state index in [4.69, 9.17) is 20.8 Å². The van der Waals surface area contributed by atoms with Crippen molar-refractivity contribution < 1.29 is 9.15 Å². The fraction of sp³-hybridized carbons (Fsp3) is 0.385. The first-order chi connectivity index (χ1) is 9.17. The molecule has 0 saturated carbocycles. The molecule has 2 aromatic rings. The summed E-state index contributed by atoms with van der Waals surface area (Å²) in [7, 11) is 1.59. The van der Waals surface area contributed by atoms with Crippen LogP contribution in [-0.4, -0.2) is 23.1 Å². The Labute approximate surface area is 117 Å². The third kappa shape index (κ3) is 4.22. The second-order valence-corrected chi connectivity index (χ2v) is 4.64. The molecule has 0 saturated heterocycles. The summed E-state index contributed by atoms with van der Waals surface area (Å²) in [5.41, 5.74) is 0. The van der Waals surface area contributed by atoms with Crippen LogP contribution in [0.25, 0.3) is 0 Å². The molecule has 2 heterocycles. The summed E-state index contributed by atoms with van der Waals surface area (Å²) < 4.78 is 10.3. The molecule has 0 amide bonds. The number of hydrogen-bond donors (Lipinski definition) is 1. The average molecular weight is 282 g/mol. The maximum Gasteiger partial charge on any atom is 0.158 e. The van der Waals surface area contributed by atoms with E-state index in [-0.39, 0.29) is 6.04 Å². The average Bonchev–Trinajstić information content (AvgIpc) is 2.81. The van der Waals surface area contributed by atoms with E-state index >= 15 is 0 Å². The Balaban J connectivity index is 2.01. The van der Waals surface area contributed by atoms with Gasteiger partial charge in [-0.05, 0) is 19.1 Å². The molecule has 0 bridgehead atoms. The van der Waals surface area contributed by atoms with E-state index < -0.39 is 0 Å². The predicted octanol–water partition coefficient (Wildman–Crippen LogP) is 2.91. The maximum absolute atomic E-state index is 5.95. The van der Waals surface area contributed by atoms with Crippen molar-refractivity contribution in [3.05, 3.63) is 41.2 Å². The van der Waals surface area contributed by atoms with E-state index in [0.717, 1.165) is 12.2 Å². The number of methoxy groups -OCH3 is 1. The van der Waals surface area contributed by atoms with Gasteiger partial charge in [-0.15, -0.1) is 0 Å². The van der Waals surface area contributed by atoms with Gasteiger partial charge in [-0.25, -0.2) is 9.97 Å². The van der Waals surface area contributed by atoms with Crippen molar-refractivity contribution in [2.75, 3.05) is 12.4 Å². The molecule has 0 aliphatic carbocycles. The van der Waals surface area contributed by atoms with Crippen molar-refractivity contribution in [3.63, 3.8) is 0 Å². The van der Waals surface area contributed by atoms with Crippen LogP contribution < -0.4 is 5.32 Å². The standard InChI is InChI=1S/C13H16ClN3O2/c1-9(6-10-4-3-5-19-10)15-12-7-11(14)16-13(17-12)8-18-2/h3-5,7,9H,6,8H2,1-2H3,(H,15,16,17). The number of nitrogens with zero attached hydrogens (tertiary/aromatic N) is 2. The van der Waals surface area contributed by atoms with Crippen LogP contribution in [0.4, 0.5) is 5.82 Å². The zero-order valence-corrected chi connectivity index (χ0v) is 11.6. The van der Waals surface area contributed by atoms with E-state index in [1.165, 1.54) is 0 Å². The highest BCUT2D eigenvalue weighted by molar-refractivity contribution is 6.29. The van der Waals surface area contributed by atoms with Gasteiger partial charge in [0.15, 0.2) is 5.82 Å². The van der Waals surface area contributed by atoms with Crippen LogP contribution in [0.2, 0.25) is 5.15 Å². The van der Waals surface area contributed by atoms with Crippen molar-refractivity contribution in [2.45, 2.75) is 26.0 Å². The lowest BCUT2D eigenvalue weighted by Crippen LogP contribution is -2.19. The minimum Gasteiger partial charge on any atom is -0.469 e. The highest BCUT2D eigenvalue weighted by Crippen LogP contribution is 2.14. The molecular weight excluding hydrogens is 266 g/mol. The van der Waals surface area contributed by atoms with Gasteiger partial charge in [-0.1, -0.05) is 11.6 Å². The predicted molar refractivity (Wildman–Crippen MR) is 73.3 cm³/mol. The molecule has 0 spiro atoms. The van der Waals surface area contributed by atoms with Gasteiger partial charge in [0, 0.05) is 25.6 Å². The SMILES string of the molecule is COCc1nc(Cl)cc(NC(C)Cc2ccco2)n1. The highest BCUT2D eigenvalue weighted by atomic mass is 35.5. The van der Waals surface area contributed by atoms with Crippen LogP contribution in [0.15, 0.2) is 28.9 Å². The molecule has 2 rings (SSSR count).